The van der Waals surface area contributed by atoms with E-state index in [1.807, 2.05) is 165 Å². The monoisotopic (exact) mass is 1960 g/mol. The van der Waals surface area contributed by atoms with E-state index in [0.29, 0.717) is 88.2 Å². The van der Waals surface area contributed by atoms with Crippen molar-refractivity contribution in [3.8, 4) is 11.5 Å². The van der Waals surface area contributed by atoms with Crippen LogP contribution in [0.5, 0.6) is 11.5 Å². The number of hydrogen-bond acceptors (Lipinski definition) is 30. The van der Waals surface area contributed by atoms with Gasteiger partial charge >= 0.3 is 0 Å². The van der Waals surface area contributed by atoms with E-state index < -0.39 is 5.60 Å². The topological polar surface area (TPSA) is 389 Å². The summed E-state index contributed by atoms with van der Waals surface area (Å²) < 4.78 is 10.3. The van der Waals surface area contributed by atoms with Crippen LogP contribution in [-0.2, 0) is 25.2 Å². The molecule has 30 nitrogen and oxygen atoms in total. The zero-order chi connectivity index (χ0) is 108. The van der Waals surface area contributed by atoms with Crippen LogP contribution in [0.2, 0.25) is 0 Å². The van der Waals surface area contributed by atoms with Crippen LogP contribution in [0.4, 0.5) is 0 Å². The molecular weight excluding hydrogens is 1790 g/mol. The Balaban J connectivity index is 0.000000401. The van der Waals surface area contributed by atoms with Gasteiger partial charge in [-0.3, -0.25) is 9.69 Å². The van der Waals surface area contributed by atoms with E-state index in [9.17, 15) is 9.90 Å². The van der Waals surface area contributed by atoms with Gasteiger partial charge in [0.05, 0.1) is 61.5 Å². The molecular formula is C113H173N25O5. The lowest BCUT2D eigenvalue weighted by atomic mass is 10.0. The maximum atomic E-state index is 10.8. The summed E-state index contributed by atoms with van der Waals surface area (Å²) in [5.74, 6) is 18.1. The summed E-state index contributed by atoms with van der Waals surface area (Å²) in [6, 6.07) is 3.90. The highest BCUT2D eigenvalue weighted by molar-refractivity contribution is 5.93. The first-order valence-corrected chi connectivity index (χ1v) is 50.8. The van der Waals surface area contributed by atoms with Crippen LogP contribution < -0.4 is 9.47 Å². The van der Waals surface area contributed by atoms with Crippen molar-refractivity contribution in [3.63, 3.8) is 0 Å². The summed E-state index contributed by atoms with van der Waals surface area (Å²) in [7, 11) is 1.60. The normalized spacial score (nSPS) is 12.0. The number of nitrogens with zero attached hydrogens (tertiary/aromatic N) is 25. The molecule has 12 aromatic rings. The molecule has 0 atom stereocenters. The highest BCUT2D eigenvalue weighted by Gasteiger charge is 2.25. The Hall–Kier alpha value is -11.9. The van der Waals surface area contributed by atoms with Gasteiger partial charge in [-0.25, -0.2) is 120 Å². The summed E-state index contributed by atoms with van der Waals surface area (Å²) in [5.41, 5.74) is 12.5. The van der Waals surface area contributed by atoms with Crippen LogP contribution in [0.15, 0.2) is 130 Å². The maximum Gasteiger partial charge on any atom is 0.162 e. The first-order valence-electron chi connectivity index (χ1n) is 50.8. The first kappa shape index (κ1) is 125. The number of likely N-dealkylation sites (tertiary alicyclic amines) is 1. The summed E-state index contributed by atoms with van der Waals surface area (Å²) >= 11 is 0. The van der Waals surface area contributed by atoms with Gasteiger partial charge in [0.2, 0.25) is 0 Å². The largest absolute Gasteiger partial charge is 0.494 e. The summed E-state index contributed by atoms with van der Waals surface area (Å²) in [4.78, 5) is 115. The molecule has 1 aliphatic carbocycles. The number of carbonyl (C=O) groups is 1. The molecule has 13 heterocycles. The van der Waals surface area contributed by atoms with Crippen molar-refractivity contribution in [2.45, 2.75) is 403 Å². The van der Waals surface area contributed by atoms with Crippen LogP contribution in [0.3, 0.4) is 0 Å². The van der Waals surface area contributed by atoms with Gasteiger partial charge in [-0.2, -0.15) is 0 Å². The number of aliphatic hydroxyl groups excluding tert-OH is 1. The van der Waals surface area contributed by atoms with Crippen LogP contribution in [-0.4, -0.2) is 167 Å². The third-order valence-corrected chi connectivity index (χ3v) is 21.4. The molecule has 0 aromatic carbocycles. The molecule has 2 fully saturated rings. The fourth-order valence-electron chi connectivity index (χ4n) is 12.0. The zero-order valence-electron chi connectivity index (χ0n) is 93.9. The van der Waals surface area contributed by atoms with E-state index in [1.165, 1.54) is 68.0 Å². The molecule has 780 valence electrons. The minimum atomic E-state index is -0.852. The van der Waals surface area contributed by atoms with Gasteiger partial charge < -0.3 is 19.7 Å². The number of methoxy groups -OCH3 is 1. The number of Topliss-reactive ketones (excluding diaryl/α,β-unsaturated/α-hetero) is 1. The van der Waals surface area contributed by atoms with Gasteiger partial charge in [0.25, 0.3) is 0 Å². The average molecular weight is 1960 g/mol. The Kier molecular flexibility index (Phi) is 57.3. The Labute approximate surface area is 857 Å². The second-order valence-corrected chi connectivity index (χ2v) is 40.5. The first-order chi connectivity index (χ1) is 67.3. The van der Waals surface area contributed by atoms with Crippen molar-refractivity contribution in [2.75, 3.05) is 20.2 Å². The van der Waals surface area contributed by atoms with Crippen LogP contribution in [0, 0.1) is 41.5 Å². The fourth-order valence-corrected chi connectivity index (χ4v) is 12.0. The fraction of sp³-hybridized carbons (Fsp3) is 0.566. The SMILES string of the molecule is CC(=O)c1cnc(C(C)C)nc1.CC(C)Oc1cnc(C(C)C)nc1.CC(C)c1cnc(C(C)C)nc1.CC(C)c1ncc(C(C)(C)O)cn1.CC(C)c1ncc(C2CC2)cn1.CC(C)c1ncc(CN2CCCC2)cn1.CCc1cnc(C(C)C)nc1.COc1cnc(C(C)C)nc1.Cc1cc(C)nc(C(C)C)n1.Cc1ccnc(C(C)C)n1.Cc1cnc(C(C)C)nc1C.Cc1cnc(C(C)C)nc1CO. The lowest BCUT2D eigenvalue weighted by Crippen LogP contribution is -2.18. The smallest absolute Gasteiger partial charge is 0.162 e. The summed E-state index contributed by atoms with van der Waals surface area (Å²) in [6.07, 6.45) is 40.9. The van der Waals surface area contributed by atoms with Crippen molar-refractivity contribution >= 4 is 5.78 Å². The van der Waals surface area contributed by atoms with E-state index in [2.05, 4.69) is 270 Å². The lowest BCUT2D eigenvalue weighted by Gasteiger charge is -2.16. The minimum absolute atomic E-state index is 0.00491. The van der Waals surface area contributed by atoms with E-state index in [1.54, 1.807) is 82.9 Å². The summed E-state index contributed by atoms with van der Waals surface area (Å²) in [5, 5.41) is 18.6. The minimum Gasteiger partial charge on any atom is -0.494 e. The van der Waals surface area contributed by atoms with E-state index in [0.717, 1.165) is 140 Å². The van der Waals surface area contributed by atoms with Gasteiger partial charge in [-0.1, -0.05) is 187 Å². The van der Waals surface area contributed by atoms with E-state index in [-0.39, 0.29) is 18.5 Å². The number of aromatic nitrogens is 24. The van der Waals surface area contributed by atoms with Gasteiger partial charge in [0.1, 0.15) is 69.9 Å². The third kappa shape index (κ3) is 50.3. The number of ketones is 1. The van der Waals surface area contributed by atoms with Crippen molar-refractivity contribution in [1.29, 1.82) is 0 Å². The molecule has 1 aliphatic heterocycles. The Bertz CT molecular complexity index is 5300. The molecule has 30 heteroatoms. The molecule has 0 radical (unpaired) electrons. The molecule has 2 N–H and O–H groups in total. The van der Waals surface area contributed by atoms with E-state index in [4.69, 9.17) is 14.6 Å². The quantitative estimate of drug-likeness (QED) is 0.0562. The average Bonchev–Trinajstić information content (AvgIpc) is 1.65. The van der Waals surface area contributed by atoms with Crippen molar-refractivity contribution in [3.05, 3.63) is 273 Å². The van der Waals surface area contributed by atoms with Gasteiger partial charge in [0.15, 0.2) is 17.3 Å². The number of aryl methyl sites for hydroxylation is 7. The molecule has 12 aromatic heterocycles. The number of hydrogen-bond donors (Lipinski definition) is 2. The molecule has 2 aliphatic rings. The molecule has 143 heavy (non-hydrogen) atoms. The van der Waals surface area contributed by atoms with Crippen LogP contribution in [0.1, 0.15) is 478 Å². The van der Waals surface area contributed by atoms with E-state index >= 15 is 0 Å². The van der Waals surface area contributed by atoms with Crippen molar-refractivity contribution in [1.82, 2.24) is 125 Å². The Morgan fingerprint density at radius 3 is 1.03 bits per heavy atom. The molecule has 1 saturated carbocycles. The van der Waals surface area contributed by atoms with Crippen molar-refractivity contribution < 1.29 is 24.5 Å². The summed E-state index contributed by atoms with van der Waals surface area (Å²) in [6.45, 7) is 80.6. The zero-order valence-corrected chi connectivity index (χ0v) is 93.9. The highest BCUT2D eigenvalue weighted by Crippen LogP contribution is 2.39. The Morgan fingerprint density at radius 1 is 0.378 bits per heavy atom. The Morgan fingerprint density at radius 2 is 0.706 bits per heavy atom. The molecule has 0 spiro atoms. The third-order valence-electron chi connectivity index (χ3n) is 21.4. The number of carbonyl (C=O) groups excluding carboxylic acids is 1. The van der Waals surface area contributed by atoms with Gasteiger partial charge in [0, 0.05) is 204 Å². The standard InChI is InChI=1S/C12H19N3.2C10H16N2O.C10H14N2.C10H16N2.C9H12N2O.C9H14N2O.3C9H14N2.C8H12N2O.C8H12N2/c1-10(2)12-13-7-11(8-14-12)9-15-5-3-4-6-15;1-7(2)9-11-5-8(6-12-9)10(3,4)13;1-7(2)10-11-5-9(6-12-10)13-8(3)4;1-7(2)10-11-5-9(6-12-10)8-3-4-8;1-7(2)9-5-11-10(8(3)4)12-6-9;1-6(2)9-10-4-8(5-11-9)7(3)12;1-6(2)9-10-4-7(3)8(5-12)11-9;1-6(2)9-10-5-7(3)8(4)11-9;1-6(2)9-10-7(3)5-8(4)11-9;1-4-8-5-10-9(7(2)3)11-6-8;1-6(2)8-9-4-7(11-3)5-10-8;1-6(2)8-9-5-4-7(3)10-8/h7-8,10H,3-6,9H2,1-2H3;5-7,13H,1-4H3;5-8H,1-4H3;5-8H,3-4H2,1-2H3;5-8H,1-4H3;4-6H,1-3H3;4,6,12H,5H2,1-3H3;2*5-6H,1-4H3;5-7H,4H2,1-3H3;4-6H,1-3H3;4-6H,1-3H3. The molecule has 0 amide bonds. The molecule has 0 unspecified atom stereocenters. The number of ether oxygens (including phenoxy) is 2. The molecule has 0 bridgehead atoms. The molecule has 14 rings (SSSR count). The second-order valence-electron chi connectivity index (χ2n) is 40.5. The highest BCUT2D eigenvalue weighted by atomic mass is 16.5. The van der Waals surface area contributed by atoms with Crippen molar-refractivity contribution in [2.24, 2.45) is 0 Å². The van der Waals surface area contributed by atoms with Crippen LogP contribution in [0.25, 0.3) is 0 Å². The van der Waals surface area contributed by atoms with Crippen LogP contribution >= 0.6 is 0 Å². The predicted molar refractivity (Wildman–Crippen MR) is 575 cm³/mol. The number of rotatable bonds is 23. The second kappa shape index (κ2) is 65.4. The van der Waals surface area contributed by atoms with Gasteiger partial charge in [-0.15, -0.1) is 0 Å². The maximum absolute atomic E-state index is 10.8. The van der Waals surface area contributed by atoms with Gasteiger partial charge in [-0.05, 0) is 173 Å². The molecule has 1 saturated heterocycles. The predicted octanol–water partition coefficient (Wildman–Crippen LogP) is 24.9. The number of aliphatic hydroxyl groups is 2. The lowest BCUT2D eigenvalue weighted by molar-refractivity contribution is 0.0777.